The number of hydrogen-bond acceptors (Lipinski definition) is 4. The van der Waals surface area contributed by atoms with Crippen molar-refractivity contribution >= 4 is 45.3 Å². The molecule has 1 fully saturated rings. The first-order chi connectivity index (χ1) is 18.7. The van der Waals surface area contributed by atoms with E-state index in [4.69, 9.17) is 4.99 Å². The van der Waals surface area contributed by atoms with E-state index in [0.717, 1.165) is 89.8 Å². The summed E-state index contributed by atoms with van der Waals surface area (Å²) >= 11 is 1.64. The predicted octanol–water partition coefficient (Wildman–Crippen LogP) is 5.88. The molecule has 1 aliphatic carbocycles. The number of likely N-dealkylation sites (tertiary alicyclic amines) is 1. The van der Waals surface area contributed by atoms with Crippen LogP contribution in [0.15, 0.2) is 65.8 Å². The largest absolute Gasteiger partial charge is 0.348 e. The molecule has 1 saturated heterocycles. The maximum Gasteiger partial charge on any atom is 0.254 e. The molecule has 0 unspecified atom stereocenters. The fraction of sp³-hybridized carbons (Fsp3) is 0.323. The van der Waals surface area contributed by atoms with Crippen LogP contribution in [0, 0.1) is 0 Å². The molecule has 0 radical (unpaired) electrons. The van der Waals surface area contributed by atoms with E-state index in [-0.39, 0.29) is 11.8 Å². The molecule has 6 rings (SSSR count). The Bertz CT molecular complexity index is 1500. The van der Waals surface area contributed by atoms with Gasteiger partial charge in [0.2, 0.25) is 5.91 Å². The number of fused-ring (bicyclic) bond motifs is 2. The molecule has 0 spiro atoms. The Hall–Kier alpha value is -3.71. The zero-order chi connectivity index (χ0) is 25.9. The molecule has 0 saturated carbocycles. The Kier molecular flexibility index (Phi) is 7.10. The molecule has 2 amide bonds. The van der Waals surface area contributed by atoms with Crippen molar-refractivity contribution < 1.29 is 9.59 Å². The number of nitrogens with zero attached hydrogens (tertiary/aromatic N) is 3. The summed E-state index contributed by atoms with van der Waals surface area (Å²) < 4.78 is 2.03. The summed E-state index contributed by atoms with van der Waals surface area (Å²) in [5.74, 6) is 0.106. The fourth-order valence-corrected chi connectivity index (χ4v) is 6.82. The molecule has 7 heteroatoms. The Labute approximate surface area is 227 Å². The fourth-order valence-electron chi connectivity index (χ4n) is 5.59. The number of rotatable bonds is 7. The van der Waals surface area contributed by atoms with Crippen molar-refractivity contribution in [2.45, 2.75) is 51.6 Å². The second-order valence-corrected chi connectivity index (χ2v) is 11.2. The van der Waals surface area contributed by atoms with Crippen LogP contribution in [-0.4, -0.2) is 40.6 Å². The molecule has 2 aromatic heterocycles. The minimum absolute atomic E-state index is 0.0564. The number of carbonyl (C=O) groups excluding carboxylic acids is 2. The first kappa shape index (κ1) is 24.6. The van der Waals surface area contributed by atoms with E-state index in [0.29, 0.717) is 13.1 Å². The number of benzene rings is 2. The minimum atomic E-state index is -0.0564. The normalized spacial score (nSPS) is 15.3. The van der Waals surface area contributed by atoms with E-state index >= 15 is 0 Å². The number of thiophene rings is 1. The standard InChI is InChI=1S/C31H32N4O2S/c36-28(34-16-8-9-17-34)21-35-20-23(24-12-4-6-14-26(24)35)19-33-31-29(25-13-5-7-15-27(25)38-31)30(37)32-18-22-10-2-1-3-11-22/h1-4,6,10-12,14,19-20H,5,7-9,13,15-18,21H2,(H,32,37). The van der Waals surface area contributed by atoms with Gasteiger partial charge in [-0.3, -0.25) is 9.59 Å². The number of nitrogens with one attached hydrogen (secondary N) is 1. The summed E-state index contributed by atoms with van der Waals surface area (Å²) in [6.07, 6.45) is 10.2. The first-order valence-corrected chi connectivity index (χ1v) is 14.4. The van der Waals surface area contributed by atoms with Gasteiger partial charge < -0.3 is 14.8 Å². The van der Waals surface area contributed by atoms with Gasteiger partial charge in [0.15, 0.2) is 0 Å². The lowest BCUT2D eigenvalue weighted by Gasteiger charge is -2.15. The zero-order valence-electron chi connectivity index (χ0n) is 21.5. The van der Waals surface area contributed by atoms with Gasteiger partial charge in [-0.25, -0.2) is 4.99 Å². The van der Waals surface area contributed by atoms with Crippen LogP contribution in [0.5, 0.6) is 0 Å². The molecule has 2 aromatic carbocycles. The van der Waals surface area contributed by atoms with Crippen molar-refractivity contribution in [3.05, 3.63) is 87.9 Å². The van der Waals surface area contributed by atoms with Gasteiger partial charge in [-0.2, -0.15) is 0 Å². The van der Waals surface area contributed by atoms with Crippen LogP contribution in [0.4, 0.5) is 5.00 Å². The topological polar surface area (TPSA) is 66.7 Å². The van der Waals surface area contributed by atoms with Gasteiger partial charge in [-0.1, -0.05) is 48.5 Å². The van der Waals surface area contributed by atoms with Gasteiger partial charge in [0.05, 0.1) is 5.56 Å². The van der Waals surface area contributed by atoms with Gasteiger partial charge >= 0.3 is 0 Å². The highest BCUT2D eigenvalue weighted by Gasteiger charge is 2.25. The van der Waals surface area contributed by atoms with Crippen molar-refractivity contribution in [3.63, 3.8) is 0 Å². The average Bonchev–Trinajstić information content (AvgIpc) is 3.69. The highest BCUT2D eigenvalue weighted by molar-refractivity contribution is 7.16. The number of para-hydroxylation sites is 1. The van der Waals surface area contributed by atoms with Crippen LogP contribution in [0.3, 0.4) is 0 Å². The van der Waals surface area contributed by atoms with E-state index < -0.39 is 0 Å². The Morgan fingerprint density at radius 3 is 2.55 bits per heavy atom. The van der Waals surface area contributed by atoms with E-state index in [9.17, 15) is 9.59 Å². The SMILES string of the molecule is O=C(NCc1ccccc1)c1c(N=Cc2cn(CC(=O)N3CCCC3)c3ccccc23)sc2c1CCCC2. The zero-order valence-corrected chi connectivity index (χ0v) is 22.3. The summed E-state index contributed by atoms with van der Waals surface area (Å²) in [7, 11) is 0. The van der Waals surface area contributed by atoms with Gasteiger partial charge in [0.25, 0.3) is 5.91 Å². The lowest BCUT2D eigenvalue weighted by atomic mass is 9.95. The van der Waals surface area contributed by atoms with Crippen molar-refractivity contribution in [2.75, 3.05) is 13.1 Å². The number of carbonyl (C=O) groups is 2. The molecule has 2 aliphatic rings. The summed E-state index contributed by atoms with van der Waals surface area (Å²) in [4.78, 5) is 34.4. The smallest absolute Gasteiger partial charge is 0.254 e. The molecule has 1 aliphatic heterocycles. The quantitative estimate of drug-likeness (QED) is 0.307. The molecule has 6 nitrogen and oxygen atoms in total. The summed E-state index contributed by atoms with van der Waals surface area (Å²) in [6, 6.07) is 18.1. The molecule has 0 bridgehead atoms. The first-order valence-electron chi connectivity index (χ1n) is 13.5. The van der Waals surface area contributed by atoms with Crippen molar-refractivity contribution in [3.8, 4) is 0 Å². The summed E-state index contributed by atoms with van der Waals surface area (Å²) in [5.41, 5.74) is 4.94. The van der Waals surface area contributed by atoms with E-state index in [2.05, 4.69) is 17.4 Å². The second-order valence-electron chi connectivity index (χ2n) is 10.1. The molecular weight excluding hydrogens is 492 g/mol. The van der Waals surface area contributed by atoms with E-state index in [1.807, 2.05) is 64.3 Å². The third-order valence-corrected chi connectivity index (χ3v) is 8.78. The Balaban J connectivity index is 1.29. The predicted molar refractivity (Wildman–Crippen MR) is 154 cm³/mol. The van der Waals surface area contributed by atoms with E-state index in [1.165, 1.54) is 4.88 Å². The molecule has 3 heterocycles. The Morgan fingerprint density at radius 1 is 0.947 bits per heavy atom. The number of amides is 2. The molecular formula is C31H32N4O2S. The number of aryl methyl sites for hydroxylation is 1. The maximum atomic E-state index is 13.4. The third-order valence-electron chi connectivity index (χ3n) is 7.58. The van der Waals surface area contributed by atoms with Crippen LogP contribution in [0.2, 0.25) is 0 Å². The average molecular weight is 525 g/mol. The van der Waals surface area contributed by atoms with Crippen LogP contribution in [0.25, 0.3) is 10.9 Å². The van der Waals surface area contributed by atoms with Crippen molar-refractivity contribution in [2.24, 2.45) is 4.99 Å². The summed E-state index contributed by atoms with van der Waals surface area (Å²) in [5, 5.41) is 4.95. The summed E-state index contributed by atoms with van der Waals surface area (Å²) in [6.45, 7) is 2.52. The lowest BCUT2D eigenvalue weighted by Crippen LogP contribution is -2.30. The highest BCUT2D eigenvalue weighted by atomic mass is 32.1. The number of aliphatic imine (C=N–C) groups is 1. The van der Waals surface area contributed by atoms with Crippen molar-refractivity contribution in [1.29, 1.82) is 0 Å². The highest BCUT2D eigenvalue weighted by Crippen LogP contribution is 2.40. The van der Waals surface area contributed by atoms with Gasteiger partial charge in [-0.15, -0.1) is 11.3 Å². The molecule has 0 atom stereocenters. The van der Waals surface area contributed by atoms with Crippen LogP contribution >= 0.6 is 11.3 Å². The minimum Gasteiger partial charge on any atom is -0.348 e. The van der Waals surface area contributed by atoms with Crippen LogP contribution < -0.4 is 5.32 Å². The third kappa shape index (κ3) is 5.03. The Morgan fingerprint density at radius 2 is 1.71 bits per heavy atom. The van der Waals surface area contributed by atoms with Crippen LogP contribution in [-0.2, 0) is 30.7 Å². The molecule has 4 aromatic rings. The number of hydrogen-bond donors (Lipinski definition) is 1. The van der Waals surface area contributed by atoms with Gasteiger partial charge in [0, 0.05) is 53.4 Å². The maximum absolute atomic E-state index is 13.4. The molecule has 38 heavy (non-hydrogen) atoms. The molecule has 194 valence electrons. The van der Waals surface area contributed by atoms with E-state index in [1.54, 1.807) is 11.3 Å². The van der Waals surface area contributed by atoms with Gasteiger partial charge in [0.1, 0.15) is 11.5 Å². The monoisotopic (exact) mass is 524 g/mol. The number of aromatic nitrogens is 1. The van der Waals surface area contributed by atoms with Crippen LogP contribution in [0.1, 0.15) is 57.6 Å². The van der Waals surface area contributed by atoms with Gasteiger partial charge in [-0.05, 0) is 55.7 Å². The lowest BCUT2D eigenvalue weighted by molar-refractivity contribution is -0.130. The molecule has 1 N–H and O–H groups in total. The van der Waals surface area contributed by atoms with Crippen molar-refractivity contribution in [1.82, 2.24) is 14.8 Å². The second kappa shape index (κ2) is 11.0.